The van der Waals surface area contributed by atoms with Gasteiger partial charge in [0.1, 0.15) is 0 Å². The summed E-state index contributed by atoms with van der Waals surface area (Å²) < 4.78 is 28.1. The summed E-state index contributed by atoms with van der Waals surface area (Å²) in [4.78, 5) is 0. The fourth-order valence-corrected chi connectivity index (χ4v) is 0.660. The SMILES string of the molecule is [3H]OCCOCCOCCOCCO[3H]. The van der Waals surface area contributed by atoms with Crippen molar-refractivity contribution in [2.24, 2.45) is 0 Å². The molecule has 0 spiro atoms. The zero-order chi connectivity index (χ0) is 11.2. The molecule has 0 aromatic carbocycles. The third kappa shape index (κ3) is 11.8. The quantitative estimate of drug-likeness (QED) is 0.395. The first kappa shape index (κ1) is 9.36. The molecule has 0 fully saturated rings. The zero-order valence-electron chi connectivity index (χ0n) is 9.70. The summed E-state index contributed by atoms with van der Waals surface area (Å²) in [6.07, 6.45) is 0. The van der Waals surface area contributed by atoms with Crippen molar-refractivity contribution in [1.82, 2.24) is 0 Å². The van der Waals surface area contributed by atoms with Crippen molar-refractivity contribution in [2.75, 3.05) is 52.9 Å². The molecule has 0 saturated heterocycles. The molecular weight excluding hydrogens is 176 g/mol. The molecule has 5 heteroatoms. The standard InChI is InChI=1S/C8H18O5/c9-1-3-11-5-7-13-8-6-12-4-2-10/h9-10H,1-8H2/i9T,10T. The van der Waals surface area contributed by atoms with Gasteiger partial charge in [0.2, 0.25) is 2.86 Å². The highest BCUT2D eigenvalue weighted by atomic mass is 16.5. The highest BCUT2D eigenvalue weighted by Crippen LogP contribution is 1.80. The molecule has 13 heavy (non-hydrogen) atoms. The topological polar surface area (TPSA) is 68.2 Å². The predicted octanol–water partition coefficient (Wildman–Crippen LogP) is -0.979. The minimum absolute atomic E-state index is 0.274. The lowest BCUT2D eigenvalue weighted by Crippen LogP contribution is -2.11. The Morgan fingerprint density at radius 3 is 1.46 bits per heavy atom. The molecule has 0 aromatic heterocycles. The second-order valence-corrected chi connectivity index (χ2v) is 2.25. The summed E-state index contributed by atoms with van der Waals surface area (Å²) in [5.74, 6) is 0. The van der Waals surface area contributed by atoms with Crippen LogP contribution in [0.15, 0.2) is 0 Å². The smallest absolute Gasteiger partial charge is 0.210 e. The van der Waals surface area contributed by atoms with E-state index in [4.69, 9.17) is 17.1 Å². The second kappa shape index (κ2) is 11.8. The predicted molar refractivity (Wildman–Crippen MR) is 46.6 cm³/mol. The Balaban J connectivity index is 2.81. The number of hydrogen-bond donors (Lipinski definition) is 2. The van der Waals surface area contributed by atoms with Gasteiger partial charge in [-0.05, 0) is 0 Å². The maximum Gasteiger partial charge on any atom is 0.210 e. The first-order valence-electron chi connectivity index (χ1n) is 5.13. The van der Waals surface area contributed by atoms with Crippen molar-refractivity contribution in [3.05, 3.63) is 0 Å². The average Bonchev–Trinajstić information content (AvgIpc) is 2.26. The molecule has 0 atom stereocenters. The van der Waals surface area contributed by atoms with E-state index < -0.39 is 0 Å². The Labute approximate surface area is 81.2 Å². The molecular formula is C8H18O5. The van der Waals surface area contributed by atoms with Crippen LogP contribution < -0.4 is 0 Å². The van der Waals surface area contributed by atoms with E-state index in [9.17, 15) is 0 Å². The molecule has 0 aromatic rings. The van der Waals surface area contributed by atoms with E-state index in [0.29, 0.717) is 39.6 Å². The van der Waals surface area contributed by atoms with Gasteiger partial charge in [-0.15, -0.1) is 0 Å². The zero-order valence-corrected chi connectivity index (χ0v) is 7.70. The summed E-state index contributed by atoms with van der Waals surface area (Å²) in [6.45, 7) is 3.33. The molecule has 5 nitrogen and oxygen atoms in total. The average molecular weight is 198 g/mol. The Bertz CT molecular complexity index is 105. The van der Waals surface area contributed by atoms with Gasteiger partial charge >= 0.3 is 0 Å². The lowest BCUT2D eigenvalue weighted by atomic mass is 10.7. The fourth-order valence-electron chi connectivity index (χ4n) is 0.660. The Kier molecular flexibility index (Phi) is 8.49. The van der Waals surface area contributed by atoms with Crippen LogP contribution in [0.4, 0.5) is 0 Å². The number of hydrogen-bond acceptors (Lipinski definition) is 5. The molecule has 0 heterocycles. The van der Waals surface area contributed by atoms with Crippen LogP contribution in [0.2, 0.25) is 0 Å². The summed E-state index contributed by atoms with van der Waals surface area (Å²) >= 11 is 0. The van der Waals surface area contributed by atoms with E-state index in [2.05, 4.69) is 10.2 Å². The number of ether oxygens (including phenoxy) is 3. The van der Waals surface area contributed by atoms with Gasteiger partial charge in [0.25, 0.3) is 0 Å². The minimum atomic E-state index is 0.274. The lowest BCUT2D eigenvalue weighted by molar-refractivity contribution is 0.00230. The lowest BCUT2D eigenvalue weighted by Gasteiger charge is -2.04. The molecule has 2 N–H and O–H groups in total. The first-order valence-corrected chi connectivity index (χ1v) is 4.31. The summed E-state index contributed by atoms with van der Waals surface area (Å²) in [5, 5.41) is 8.12. The van der Waals surface area contributed by atoms with Gasteiger partial charge < -0.3 is 24.4 Å². The number of aliphatic hydroxyl groups is 2. The van der Waals surface area contributed by atoms with E-state index in [1.165, 1.54) is 0 Å². The van der Waals surface area contributed by atoms with Gasteiger partial charge in [-0.3, -0.25) is 0 Å². The van der Waals surface area contributed by atoms with Crippen LogP contribution in [-0.2, 0) is 14.2 Å². The van der Waals surface area contributed by atoms with Gasteiger partial charge in [0.15, 0.2) is 0 Å². The maximum absolute atomic E-state index is 6.38. The highest BCUT2D eigenvalue weighted by Gasteiger charge is 1.89. The van der Waals surface area contributed by atoms with E-state index in [-0.39, 0.29) is 13.2 Å². The summed E-state index contributed by atoms with van der Waals surface area (Å²) in [5.41, 5.74) is 0. The van der Waals surface area contributed by atoms with Crippen LogP contribution >= 0.6 is 0 Å². The molecule has 0 bridgehead atoms. The fraction of sp³-hybridized carbons (Fsp3) is 1.00. The normalized spacial score (nSPS) is 12.6. The van der Waals surface area contributed by atoms with Crippen molar-refractivity contribution in [2.45, 2.75) is 0 Å². The largest absolute Gasteiger partial charge is 0.394 e. The second-order valence-electron chi connectivity index (χ2n) is 2.25. The molecule has 0 radical (unpaired) electrons. The van der Waals surface area contributed by atoms with Gasteiger partial charge in [-0.25, -0.2) is 0 Å². The Morgan fingerprint density at radius 1 is 0.692 bits per heavy atom. The Hall–Kier alpha value is -0.200. The molecule has 0 saturated carbocycles. The van der Waals surface area contributed by atoms with Crippen LogP contribution in [0.25, 0.3) is 0 Å². The summed E-state index contributed by atoms with van der Waals surface area (Å²) in [7, 11) is 0. The van der Waals surface area contributed by atoms with Crippen molar-refractivity contribution < 1.29 is 24.4 Å². The van der Waals surface area contributed by atoms with E-state index in [0.717, 1.165) is 0 Å². The number of rotatable bonds is 12. The van der Waals surface area contributed by atoms with Crippen LogP contribution in [0.3, 0.4) is 0 Å². The highest BCUT2D eigenvalue weighted by molar-refractivity contribution is 4.33. The Morgan fingerprint density at radius 2 is 1.08 bits per heavy atom. The number of aliphatic hydroxyl groups excluding tert-OH is 2. The van der Waals surface area contributed by atoms with Gasteiger partial charge in [-0.2, -0.15) is 0 Å². The minimum Gasteiger partial charge on any atom is -0.394 e. The van der Waals surface area contributed by atoms with Crippen molar-refractivity contribution in [3.8, 4) is 0 Å². The molecule has 0 aliphatic heterocycles. The molecule has 0 aliphatic rings. The van der Waals surface area contributed by atoms with E-state index in [1.807, 2.05) is 0 Å². The van der Waals surface area contributed by atoms with Crippen molar-refractivity contribution in [3.63, 3.8) is 0 Å². The molecule has 0 amide bonds. The van der Waals surface area contributed by atoms with Crippen LogP contribution in [0.1, 0.15) is 0 Å². The molecule has 80 valence electrons. The molecule has 0 aliphatic carbocycles. The van der Waals surface area contributed by atoms with Crippen molar-refractivity contribution in [1.29, 1.82) is 2.86 Å². The van der Waals surface area contributed by atoms with Gasteiger partial charge in [0, 0.05) is 0 Å². The van der Waals surface area contributed by atoms with Crippen LogP contribution in [0, 0.1) is 0 Å². The van der Waals surface area contributed by atoms with Gasteiger partial charge in [0.05, 0.1) is 52.9 Å². The third-order valence-corrected chi connectivity index (χ3v) is 1.20. The van der Waals surface area contributed by atoms with E-state index in [1.54, 1.807) is 0 Å². The third-order valence-electron chi connectivity index (χ3n) is 1.20. The van der Waals surface area contributed by atoms with Gasteiger partial charge in [-0.1, -0.05) is 0 Å². The first-order chi connectivity index (χ1) is 7.41. The van der Waals surface area contributed by atoms with Crippen LogP contribution in [-0.4, -0.2) is 65.9 Å². The molecule has 0 rings (SSSR count). The van der Waals surface area contributed by atoms with Crippen LogP contribution in [0.5, 0.6) is 0 Å². The van der Waals surface area contributed by atoms with Crippen molar-refractivity contribution >= 4 is 0 Å². The maximum atomic E-state index is 6.38. The van der Waals surface area contributed by atoms with E-state index >= 15 is 0 Å². The summed E-state index contributed by atoms with van der Waals surface area (Å²) in [6, 6.07) is 0. The molecule has 0 unspecified atom stereocenters. The monoisotopic (exact) mass is 198 g/mol.